The zero-order valence-corrected chi connectivity index (χ0v) is 12.2. The molecule has 114 valence electrons. The molecule has 22 heavy (non-hydrogen) atoms. The van der Waals surface area contributed by atoms with Gasteiger partial charge in [-0.25, -0.2) is 0 Å². The summed E-state index contributed by atoms with van der Waals surface area (Å²) < 4.78 is 1.92. The van der Waals surface area contributed by atoms with E-state index in [-0.39, 0.29) is 16.7 Å². The lowest BCUT2D eigenvalue weighted by Gasteiger charge is -2.22. The monoisotopic (exact) mass is 298 g/mol. The molecule has 2 aromatic rings. The van der Waals surface area contributed by atoms with Crippen LogP contribution in [0, 0.1) is 0 Å². The first-order valence-corrected chi connectivity index (χ1v) is 7.39. The molecule has 0 fully saturated rings. The topological polar surface area (TPSA) is 85.3 Å². The highest BCUT2D eigenvalue weighted by molar-refractivity contribution is 5.92. The average Bonchev–Trinajstić information content (AvgIpc) is 2.50. The van der Waals surface area contributed by atoms with E-state index in [9.17, 15) is 14.7 Å². The van der Waals surface area contributed by atoms with Crippen molar-refractivity contribution in [2.45, 2.75) is 32.2 Å². The number of nitrogens with two attached hydrogens (primary N) is 1. The second kappa shape index (κ2) is 5.67. The van der Waals surface area contributed by atoms with Crippen molar-refractivity contribution < 1.29 is 9.90 Å². The molecule has 1 aliphatic carbocycles. The highest BCUT2D eigenvalue weighted by Gasteiger charge is 2.20. The van der Waals surface area contributed by atoms with Crippen LogP contribution in [0.25, 0.3) is 0 Å². The summed E-state index contributed by atoms with van der Waals surface area (Å²) in [5, 5.41) is 9.58. The van der Waals surface area contributed by atoms with Gasteiger partial charge in [-0.2, -0.15) is 0 Å². The first kappa shape index (κ1) is 14.4. The minimum Gasteiger partial charge on any atom is -0.508 e. The van der Waals surface area contributed by atoms with E-state index in [1.165, 1.54) is 0 Å². The van der Waals surface area contributed by atoms with Gasteiger partial charge in [0.1, 0.15) is 11.3 Å². The Bertz CT molecular complexity index is 793. The van der Waals surface area contributed by atoms with E-state index in [0.29, 0.717) is 18.5 Å². The van der Waals surface area contributed by atoms with Crippen LogP contribution in [-0.2, 0) is 19.4 Å². The predicted octanol–water partition coefficient (Wildman–Crippen LogP) is 1.58. The van der Waals surface area contributed by atoms with E-state index >= 15 is 0 Å². The van der Waals surface area contributed by atoms with Crippen molar-refractivity contribution in [1.29, 1.82) is 0 Å². The Morgan fingerprint density at radius 2 is 2.05 bits per heavy atom. The third kappa shape index (κ3) is 2.62. The van der Waals surface area contributed by atoms with E-state index in [1.54, 1.807) is 24.4 Å². The van der Waals surface area contributed by atoms with E-state index in [1.807, 2.05) is 10.6 Å². The van der Waals surface area contributed by atoms with Gasteiger partial charge >= 0.3 is 0 Å². The van der Waals surface area contributed by atoms with Gasteiger partial charge in [0.05, 0.1) is 0 Å². The van der Waals surface area contributed by atoms with Crippen LogP contribution >= 0.6 is 0 Å². The van der Waals surface area contributed by atoms with Crippen molar-refractivity contribution in [3.8, 4) is 5.75 Å². The van der Waals surface area contributed by atoms with Gasteiger partial charge in [-0.1, -0.05) is 12.1 Å². The van der Waals surface area contributed by atoms with E-state index in [2.05, 4.69) is 0 Å². The zero-order valence-electron chi connectivity index (χ0n) is 12.2. The van der Waals surface area contributed by atoms with Crippen LogP contribution in [0.3, 0.4) is 0 Å². The molecule has 0 saturated carbocycles. The Kier molecular flexibility index (Phi) is 3.71. The molecule has 1 aromatic carbocycles. The second-order valence-electron chi connectivity index (χ2n) is 5.67. The molecule has 0 radical (unpaired) electrons. The number of hydrogen-bond donors (Lipinski definition) is 2. The summed E-state index contributed by atoms with van der Waals surface area (Å²) >= 11 is 0. The summed E-state index contributed by atoms with van der Waals surface area (Å²) in [6.07, 6.45) is 5.05. The maximum Gasteiger partial charge on any atom is 0.254 e. The molecule has 0 atom stereocenters. The van der Waals surface area contributed by atoms with Crippen LogP contribution in [0.2, 0.25) is 0 Å². The number of pyridine rings is 1. The maximum absolute atomic E-state index is 12.4. The minimum absolute atomic E-state index is 0.0424. The fourth-order valence-electron chi connectivity index (χ4n) is 3.07. The summed E-state index contributed by atoms with van der Waals surface area (Å²) in [4.78, 5) is 23.9. The molecule has 0 aliphatic heterocycles. The van der Waals surface area contributed by atoms with Crippen LogP contribution in [0.4, 0.5) is 0 Å². The van der Waals surface area contributed by atoms with E-state index in [0.717, 1.165) is 30.5 Å². The van der Waals surface area contributed by atoms with Crippen molar-refractivity contribution in [2.24, 2.45) is 5.73 Å². The van der Waals surface area contributed by atoms with Crippen molar-refractivity contribution in [2.75, 3.05) is 0 Å². The fourth-order valence-corrected chi connectivity index (χ4v) is 3.07. The summed E-state index contributed by atoms with van der Waals surface area (Å²) in [6, 6.07) is 6.96. The number of nitrogens with zero attached hydrogens (tertiary/aromatic N) is 1. The van der Waals surface area contributed by atoms with Crippen LogP contribution in [0.5, 0.6) is 5.75 Å². The predicted molar refractivity (Wildman–Crippen MR) is 83.1 cm³/mol. The first-order chi connectivity index (χ1) is 10.6. The summed E-state index contributed by atoms with van der Waals surface area (Å²) in [5.41, 5.74) is 7.75. The number of carbonyl (C=O) groups excluding carboxylic acids is 1. The zero-order chi connectivity index (χ0) is 15.7. The van der Waals surface area contributed by atoms with Gasteiger partial charge in [-0.3, -0.25) is 9.59 Å². The summed E-state index contributed by atoms with van der Waals surface area (Å²) in [6.45, 7) is 0.497. The molecule has 1 heterocycles. The van der Waals surface area contributed by atoms with Gasteiger partial charge < -0.3 is 15.4 Å². The fraction of sp³-hybridized carbons (Fsp3) is 0.294. The normalized spacial score (nSPS) is 13.6. The van der Waals surface area contributed by atoms with Crippen molar-refractivity contribution in [3.63, 3.8) is 0 Å². The number of carbonyl (C=O) groups is 1. The molecule has 1 aromatic heterocycles. The molecule has 0 unspecified atom stereocenters. The smallest absolute Gasteiger partial charge is 0.254 e. The number of benzene rings is 1. The number of phenolic OH excluding ortho intramolecular Hbond substituents is 1. The molecular formula is C17H18N2O3. The Morgan fingerprint density at radius 3 is 2.77 bits per heavy atom. The SMILES string of the molecule is NC(=O)c1cn(Cc2cccc(O)c2)c2c(c1=O)CCCC2. The molecule has 3 N–H and O–H groups in total. The number of primary amides is 1. The molecule has 0 saturated heterocycles. The highest BCUT2D eigenvalue weighted by atomic mass is 16.3. The van der Waals surface area contributed by atoms with Crippen molar-refractivity contribution >= 4 is 5.91 Å². The van der Waals surface area contributed by atoms with E-state index in [4.69, 9.17) is 5.73 Å². The molecule has 5 heteroatoms. The van der Waals surface area contributed by atoms with Gasteiger partial charge in [0, 0.05) is 24.0 Å². The average molecular weight is 298 g/mol. The molecule has 1 aliphatic rings. The van der Waals surface area contributed by atoms with Crippen LogP contribution < -0.4 is 11.2 Å². The van der Waals surface area contributed by atoms with Gasteiger partial charge in [0.2, 0.25) is 0 Å². The third-order valence-corrected chi connectivity index (χ3v) is 4.12. The van der Waals surface area contributed by atoms with Crippen molar-refractivity contribution in [1.82, 2.24) is 4.57 Å². The molecule has 3 rings (SSSR count). The lowest BCUT2D eigenvalue weighted by atomic mass is 9.93. The summed E-state index contributed by atoms with van der Waals surface area (Å²) in [5.74, 6) is -0.495. The molecule has 5 nitrogen and oxygen atoms in total. The number of amides is 1. The Hall–Kier alpha value is -2.56. The molecule has 1 amide bonds. The quantitative estimate of drug-likeness (QED) is 0.902. The Labute approximate surface area is 128 Å². The molecular weight excluding hydrogens is 280 g/mol. The number of phenols is 1. The Balaban J connectivity index is 2.12. The van der Waals surface area contributed by atoms with E-state index < -0.39 is 5.91 Å². The third-order valence-electron chi connectivity index (χ3n) is 4.12. The second-order valence-corrected chi connectivity index (χ2v) is 5.67. The lowest BCUT2D eigenvalue weighted by Crippen LogP contribution is -2.30. The van der Waals surface area contributed by atoms with Gasteiger partial charge in [-0.05, 0) is 43.4 Å². The number of fused-ring (bicyclic) bond motifs is 1. The first-order valence-electron chi connectivity index (χ1n) is 7.39. The van der Waals surface area contributed by atoms with Gasteiger partial charge in [0.25, 0.3) is 5.91 Å². The number of aromatic hydroxyl groups is 1. The van der Waals surface area contributed by atoms with Crippen molar-refractivity contribution in [3.05, 3.63) is 63.1 Å². The maximum atomic E-state index is 12.4. The van der Waals surface area contributed by atoms with Crippen LogP contribution in [0.15, 0.2) is 35.3 Å². The van der Waals surface area contributed by atoms with Gasteiger partial charge in [0.15, 0.2) is 5.43 Å². The largest absolute Gasteiger partial charge is 0.508 e. The van der Waals surface area contributed by atoms with Crippen LogP contribution in [-0.4, -0.2) is 15.6 Å². The van der Waals surface area contributed by atoms with Crippen LogP contribution in [0.1, 0.15) is 40.0 Å². The standard InChI is InChI=1S/C17H18N2O3/c18-17(22)14-10-19(9-11-4-3-5-12(20)8-11)15-7-2-1-6-13(15)16(14)21/h3-5,8,10,20H,1-2,6-7,9H2,(H2,18,22). The number of aromatic nitrogens is 1. The van der Waals surface area contributed by atoms with Gasteiger partial charge in [-0.15, -0.1) is 0 Å². The minimum atomic E-state index is -0.692. The summed E-state index contributed by atoms with van der Waals surface area (Å²) in [7, 11) is 0. The number of hydrogen-bond acceptors (Lipinski definition) is 3. The number of rotatable bonds is 3. The molecule has 0 bridgehead atoms. The highest BCUT2D eigenvalue weighted by Crippen LogP contribution is 2.21. The Morgan fingerprint density at radius 1 is 1.27 bits per heavy atom. The lowest BCUT2D eigenvalue weighted by molar-refractivity contribution is 0.0998. The molecule has 0 spiro atoms.